The Hall–Kier alpha value is -1.30. The molecule has 1 rings (SSSR count). The number of hydrogen-bond acceptors (Lipinski definition) is 3. The third kappa shape index (κ3) is 5.48. The maximum atomic E-state index is 8.14. The van der Waals surface area contributed by atoms with E-state index in [4.69, 9.17) is 5.26 Å². The minimum atomic E-state index is 0.127. The van der Waals surface area contributed by atoms with Crippen molar-refractivity contribution in [2.24, 2.45) is 0 Å². The highest BCUT2D eigenvalue weighted by molar-refractivity contribution is 5.07. The van der Waals surface area contributed by atoms with Gasteiger partial charge in [0, 0.05) is 0 Å². The van der Waals surface area contributed by atoms with Crippen LogP contribution in [0.3, 0.4) is 0 Å². The van der Waals surface area contributed by atoms with Crippen LogP contribution in [0.4, 0.5) is 0 Å². The minimum Gasteiger partial charge on any atom is -0.437 e. The SMILES string of the molecule is CC.CC.Cc1coc(C#N)n1. The fraction of sp³-hybridized carbons (Fsp3) is 0.556. The maximum absolute atomic E-state index is 8.14. The van der Waals surface area contributed by atoms with Crippen molar-refractivity contribution in [2.45, 2.75) is 34.6 Å². The van der Waals surface area contributed by atoms with Crippen LogP contribution in [0, 0.1) is 18.3 Å². The third-order valence-corrected chi connectivity index (χ3v) is 0.715. The van der Waals surface area contributed by atoms with E-state index in [0.29, 0.717) is 0 Å². The molecule has 0 aliphatic rings. The summed E-state index contributed by atoms with van der Waals surface area (Å²) < 4.78 is 4.64. The van der Waals surface area contributed by atoms with Gasteiger partial charge in [0.2, 0.25) is 0 Å². The van der Waals surface area contributed by atoms with Gasteiger partial charge in [0.15, 0.2) is 6.07 Å². The standard InChI is InChI=1S/C5H4N2O.2C2H6/c1-4-3-8-5(2-6)7-4;2*1-2/h3H,1H3;2*1-2H3. The van der Waals surface area contributed by atoms with Crippen LogP contribution in [0.5, 0.6) is 0 Å². The van der Waals surface area contributed by atoms with Crippen molar-refractivity contribution < 1.29 is 4.42 Å². The van der Waals surface area contributed by atoms with Crippen molar-refractivity contribution in [3.8, 4) is 6.07 Å². The third-order valence-electron chi connectivity index (χ3n) is 0.715. The Morgan fingerprint density at radius 2 is 1.83 bits per heavy atom. The molecule has 68 valence electrons. The molecule has 1 aromatic heterocycles. The zero-order valence-corrected chi connectivity index (χ0v) is 8.38. The average molecular weight is 168 g/mol. The van der Waals surface area contributed by atoms with Crippen LogP contribution >= 0.6 is 0 Å². The first-order valence-electron chi connectivity index (χ1n) is 4.15. The molecular formula is C9H16N2O. The van der Waals surface area contributed by atoms with Crippen molar-refractivity contribution in [3.63, 3.8) is 0 Å². The molecule has 12 heavy (non-hydrogen) atoms. The van der Waals surface area contributed by atoms with E-state index >= 15 is 0 Å². The lowest BCUT2D eigenvalue weighted by molar-refractivity contribution is 0.541. The first-order valence-corrected chi connectivity index (χ1v) is 4.15. The van der Waals surface area contributed by atoms with Crippen LogP contribution in [0.15, 0.2) is 10.7 Å². The fourth-order valence-electron chi connectivity index (χ4n) is 0.405. The normalized spacial score (nSPS) is 6.67. The number of aryl methyl sites for hydroxylation is 1. The Morgan fingerprint density at radius 3 is 2.00 bits per heavy atom. The van der Waals surface area contributed by atoms with Gasteiger partial charge < -0.3 is 4.42 Å². The molecule has 0 unspecified atom stereocenters. The van der Waals surface area contributed by atoms with Crippen molar-refractivity contribution >= 4 is 0 Å². The van der Waals surface area contributed by atoms with E-state index in [-0.39, 0.29) is 5.89 Å². The lowest BCUT2D eigenvalue weighted by atomic mass is 10.6. The molecule has 0 atom stereocenters. The molecule has 0 saturated heterocycles. The second-order valence-electron chi connectivity index (χ2n) is 1.41. The number of hydrogen-bond donors (Lipinski definition) is 0. The fourth-order valence-corrected chi connectivity index (χ4v) is 0.405. The summed E-state index contributed by atoms with van der Waals surface area (Å²) in [6.45, 7) is 9.77. The van der Waals surface area contributed by atoms with Gasteiger partial charge in [-0.05, 0) is 6.92 Å². The largest absolute Gasteiger partial charge is 0.437 e. The lowest BCUT2D eigenvalue weighted by Crippen LogP contribution is -1.70. The molecular weight excluding hydrogens is 152 g/mol. The van der Waals surface area contributed by atoms with Crippen LogP contribution in [-0.2, 0) is 0 Å². The highest BCUT2D eigenvalue weighted by Gasteiger charge is 1.93. The van der Waals surface area contributed by atoms with E-state index in [0.717, 1.165) is 5.69 Å². The van der Waals surface area contributed by atoms with E-state index in [2.05, 4.69) is 9.40 Å². The van der Waals surface area contributed by atoms with Gasteiger partial charge in [0.25, 0.3) is 0 Å². The van der Waals surface area contributed by atoms with E-state index in [9.17, 15) is 0 Å². The highest BCUT2D eigenvalue weighted by Crippen LogP contribution is 1.96. The van der Waals surface area contributed by atoms with Gasteiger partial charge in [-0.15, -0.1) is 0 Å². The zero-order chi connectivity index (χ0) is 9.98. The summed E-state index contributed by atoms with van der Waals surface area (Å²) in [5.41, 5.74) is 0.738. The van der Waals surface area contributed by atoms with Crippen molar-refractivity contribution in [3.05, 3.63) is 17.8 Å². The van der Waals surface area contributed by atoms with Crippen molar-refractivity contribution in [1.82, 2.24) is 4.98 Å². The number of nitrogens with zero attached hydrogens (tertiary/aromatic N) is 2. The Bertz CT molecular complexity index is 223. The van der Waals surface area contributed by atoms with Crippen LogP contribution < -0.4 is 0 Å². The molecule has 1 heterocycles. The second kappa shape index (κ2) is 9.70. The number of nitriles is 1. The summed E-state index contributed by atoms with van der Waals surface area (Å²) in [5, 5.41) is 8.14. The molecule has 0 aliphatic carbocycles. The van der Waals surface area contributed by atoms with E-state index in [1.165, 1.54) is 6.26 Å². The predicted octanol–water partition coefficient (Wildman–Crippen LogP) is 2.91. The van der Waals surface area contributed by atoms with Gasteiger partial charge >= 0.3 is 5.89 Å². The summed E-state index contributed by atoms with van der Waals surface area (Å²) in [5.74, 6) is 0.127. The summed E-state index contributed by atoms with van der Waals surface area (Å²) in [7, 11) is 0. The van der Waals surface area contributed by atoms with Crippen LogP contribution in [0.1, 0.15) is 39.3 Å². The van der Waals surface area contributed by atoms with E-state index in [1.807, 2.05) is 27.7 Å². The molecule has 0 aromatic carbocycles. The lowest BCUT2D eigenvalue weighted by Gasteiger charge is -1.65. The monoisotopic (exact) mass is 168 g/mol. The molecule has 3 nitrogen and oxygen atoms in total. The second-order valence-corrected chi connectivity index (χ2v) is 1.41. The smallest absolute Gasteiger partial charge is 0.300 e. The topological polar surface area (TPSA) is 49.8 Å². The van der Waals surface area contributed by atoms with Gasteiger partial charge in [-0.1, -0.05) is 27.7 Å². The van der Waals surface area contributed by atoms with E-state index < -0.39 is 0 Å². The van der Waals surface area contributed by atoms with Crippen LogP contribution in [0.25, 0.3) is 0 Å². The van der Waals surface area contributed by atoms with E-state index in [1.54, 1.807) is 13.0 Å². The molecule has 3 heteroatoms. The van der Waals surface area contributed by atoms with Crippen LogP contribution in [-0.4, -0.2) is 4.98 Å². The van der Waals surface area contributed by atoms with Gasteiger partial charge in [0.1, 0.15) is 6.26 Å². The number of aromatic nitrogens is 1. The molecule has 0 aliphatic heterocycles. The summed E-state index contributed by atoms with van der Waals surface area (Å²) in [4.78, 5) is 3.70. The predicted molar refractivity (Wildman–Crippen MR) is 48.7 cm³/mol. The minimum absolute atomic E-state index is 0.127. The highest BCUT2D eigenvalue weighted by atomic mass is 16.3. The van der Waals surface area contributed by atoms with Crippen molar-refractivity contribution in [1.29, 1.82) is 5.26 Å². The number of rotatable bonds is 0. The first-order chi connectivity index (χ1) is 5.83. The molecule has 0 spiro atoms. The Balaban J connectivity index is 0. The molecule has 1 aromatic rings. The summed E-state index contributed by atoms with van der Waals surface area (Å²) in [6, 6.07) is 1.77. The molecule has 0 fully saturated rings. The Morgan fingerprint density at radius 1 is 1.33 bits per heavy atom. The zero-order valence-electron chi connectivity index (χ0n) is 8.38. The van der Waals surface area contributed by atoms with Gasteiger partial charge in [-0.25, -0.2) is 4.98 Å². The van der Waals surface area contributed by atoms with Crippen molar-refractivity contribution in [2.75, 3.05) is 0 Å². The van der Waals surface area contributed by atoms with Gasteiger partial charge in [-0.2, -0.15) is 5.26 Å². The Kier molecular flexibility index (Phi) is 10.8. The quantitative estimate of drug-likeness (QED) is 0.598. The van der Waals surface area contributed by atoms with Gasteiger partial charge in [0.05, 0.1) is 5.69 Å². The first kappa shape index (κ1) is 13.3. The summed E-state index contributed by atoms with van der Waals surface area (Å²) >= 11 is 0. The number of oxazole rings is 1. The summed E-state index contributed by atoms with van der Waals surface area (Å²) in [6.07, 6.45) is 1.44. The maximum Gasteiger partial charge on any atom is 0.300 e. The molecule has 0 saturated carbocycles. The average Bonchev–Trinajstić information content (AvgIpc) is 2.58. The molecule has 0 bridgehead atoms. The molecule has 0 amide bonds. The molecule has 0 N–H and O–H groups in total. The Labute approximate surface area is 74.0 Å². The van der Waals surface area contributed by atoms with Gasteiger partial charge in [-0.3, -0.25) is 0 Å². The van der Waals surface area contributed by atoms with Crippen LogP contribution in [0.2, 0.25) is 0 Å². The molecule has 0 radical (unpaired) electrons.